The molecule has 0 aliphatic heterocycles. The summed E-state index contributed by atoms with van der Waals surface area (Å²) >= 11 is 4.98. The summed E-state index contributed by atoms with van der Waals surface area (Å²) in [5.41, 5.74) is 2.17. The number of hydrogen-bond donors (Lipinski definition) is 1. The van der Waals surface area contributed by atoms with E-state index in [0.717, 1.165) is 14.9 Å². The Morgan fingerprint density at radius 3 is 2.76 bits per heavy atom. The summed E-state index contributed by atoms with van der Waals surface area (Å²) in [4.78, 5) is 15.3. The molecule has 0 aliphatic rings. The lowest BCUT2D eigenvalue weighted by Gasteiger charge is -2.06. The lowest BCUT2D eigenvalue weighted by Crippen LogP contribution is -2.05. The SMILES string of the molecule is O=C(O)c1nnn(Cc2csc(Br)c2)c1-c1ccncc1. The summed E-state index contributed by atoms with van der Waals surface area (Å²) in [6.07, 6.45) is 3.22. The van der Waals surface area contributed by atoms with Gasteiger partial charge in [-0.15, -0.1) is 16.4 Å². The molecule has 8 heteroatoms. The lowest BCUT2D eigenvalue weighted by atomic mass is 10.1. The van der Waals surface area contributed by atoms with E-state index >= 15 is 0 Å². The van der Waals surface area contributed by atoms with E-state index in [2.05, 4.69) is 31.2 Å². The molecule has 0 saturated heterocycles. The van der Waals surface area contributed by atoms with E-state index in [-0.39, 0.29) is 5.69 Å². The van der Waals surface area contributed by atoms with Gasteiger partial charge in [0.1, 0.15) is 5.69 Å². The highest BCUT2D eigenvalue weighted by Crippen LogP contribution is 2.25. The van der Waals surface area contributed by atoms with E-state index in [4.69, 9.17) is 0 Å². The molecule has 0 fully saturated rings. The standard InChI is InChI=1S/C13H9BrN4O2S/c14-10-5-8(7-21-10)6-18-12(9-1-3-15-4-2-9)11(13(19)20)16-17-18/h1-5,7H,6H2,(H,19,20). The average molecular weight is 365 g/mol. The van der Waals surface area contributed by atoms with Crippen molar-refractivity contribution in [2.75, 3.05) is 0 Å². The van der Waals surface area contributed by atoms with Gasteiger partial charge in [0.05, 0.1) is 10.3 Å². The highest BCUT2D eigenvalue weighted by Gasteiger charge is 2.20. The number of nitrogens with zero attached hydrogens (tertiary/aromatic N) is 4. The van der Waals surface area contributed by atoms with Crippen LogP contribution >= 0.6 is 27.3 Å². The maximum Gasteiger partial charge on any atom is 0.358 e. The molecule has 3 rings (SSSR count). The van der Waals surface area contributed by atoms with Crippen LogP contribution in [0.2, 0.25) is 0 Å². The highest BCUT2D eigenvalue weighted by atomic mass is 79.9. The zero-order valence-corrected chi connectivity index (χ0v) is 13.0. The molecule has 21 heavy (non-hydrogen) atoms. The predicted molar refractivity (Wildman–Crippen MR) is 81.3 cm³/mol. The number of pyridine rings is 1. The van der Waals surface area contributed by atoms with Gasteiger partial charge in [-0.25, -0.2) is 9.48 Å². The monoisotopic (exact) mass is 364 g/mol. The third kappa shape index (κ3) is 2.86. The van der Waals surface area contributed by atoms with Gasteiger partial charge in [-0.3, -0.25) is 4.98 Å². The Bertz CT molecular complexity index is 785. The van der Waals surface area contributed by atoms with Crippen LogP contribution in [0.3, 0.4) is 0 Å². The van der Waals surface area contributed by atoms with Gasteiger partial charge in [-0.05, 0) is 45.1 Å². The van der Waals surface area contributed by atoms with E-state index in [0.29, 0.717) is 12.2 Å². The van der Waals surface area contributed by atoms with Crippen molar-refractivity contribution in [1.29, 1.82) is 0 Å². The van der Waals surface area contributed by atoms with Crippen LogP contribution in [0.4, 0.5) is 0 Å². The van der Waals surface area contributed by atoms with Gasteiger partial charge in [0.15, 0.2) is 5.69 Å². The second kappa shape index (κ2) is 5.74. The number of carboxylic acids is 1. The normalized spacial score (nSPS) is 10.7. The van der Waals surface area contributed by atoms with E-state index in [1.807, 2.05) is 11.4 Å². The Balaban J connectivity index is 2.07. The van der Waals surface area contributed by atoms with Crippen LogP contribution in [-0.4, -0.2) is 31.1 Å². The summed E-state index contributed by atoms with van der Waals surface area (Å²) in [5.74, 6) is -1.10. The molecule has 0 unspecified atom stereocenters. The van der Waals surface area contributed by atoms with Gasteiger partial charge in [0, 0.05) is 18.0 Å². The van der Waals surface area contributed by atoms with Crippen LogP contribution < -0.4 is 0 Å². The van der Waals surface area contributed by atoms with Crippen molar-refractivity contribution in [1.82, 2.24) is 20.0 Å². The topological polar surface area (TPSA) is 80.9 Å². The predicted octanol–water partition coefficient (Wildman–Crippen LogP) is 2.91. The molecule has 0 bridgehead atoms. The molecule has 3 aromatic rings. The zero-order chi connectivity index (χ0) is 14.8. The first kappa shape index (κ1) is 13.9. The van der Waals surface area contributed by atoms with E-state index in [1.165, 1.54) is 0 Å². The quantitative estimate of drug-likeness (QED) is 0.769. The van der Waals surface area contributed by atoms with E-state index < -0.39 is 5.97 Å². The third-order valence-corrected chi connectivity index (χ3v) is 4.40. The first-order chi connectivity index (χ1) is 10.1. The molecule has 0 aromatic carbocycles. The Morgan fingerprint density at radius 2 is 2.14 bits per heavy atom. The van der Waals surface area contributed by atoms with Crippen LogP contribution in [0.25, 0.3) is 11.3 Å². The minimum Gasteiger partial charge on any atom is -0.476 e. The largest absolute Gasteiger partial charge is 0.476 e. The molecule has 3 aromatic heterocycles. The first-order valence-corrected chi connectivity index (χ1v) is 7.62. The Morgan fingerprint density at radius 1 is 1.38 bits per heavy atom. The summed E-state index contributed by atoms with van der Waals surface area (Å²) < 4.78 is 2.61. The maximum absolute atomic E-state index is 11.3. The summed E-state index contributed by atoms with van der Waals surface area (Å²) in [7, 11) is 0. The van der Waals surface area contributed by atoms with Crippen molar-refractivity contribution in [2.45, 2.75) is 6.54 Å². The van der Waals surface area contributed by atoms with Crippen LogP contribution in [0, 0.1) is 0 Å². The van der Waals surface area contributed by atoms with Crippen LogP contribution in [0.15, 0.2) is 39.8 Å². The molecule has 0 amide bonds. The minimum absolute atomic E-state index is 0.0597. The zero-order valence-electron chi connectivity index (χ0n) is 10.6. The molecule has 6 nitrogen and oxygen atoms in total. The van der Waals surface area contributed by atoms with Crippen molar-refractivity contribution in [3.63, 3.8) is 0 Å². The van der Waals surface area contributed by atoms with Crippen LogP contribution in [0.5, 0.6) is 0 Å². The Kier molecular flexibility index (Phi) is 3.80. The molecular weight excluding hydrogens is 356 g/mol. The van der Waals surface area contributed by atoms with Crippen LogP contribution in [-0.2, 0) is 6.54 Å². The number of rotatable bonds is 4. The van der Waals surface area contributed by atoms with Gasteiger partial charge in [0.25, 0.3) is 0 Å². The third-order valence-electron chi connectivity index (χ3n) is 2.85. The summed E-state index contributed by atoms with van der Waals surface area (Å²) in [6.45, 7) is 0.458. The summed E-state index contributed by atoms with van der Waals surface area (Å²) in [5, 5.41) is 19.0. The molecule has 0 aliphatic carbocycles. The van der Waals surface area contributed by atoms with Crippen molar-refractivity contribution in [2.24, 2.45) is 0 Å². The molecule has 0 radical (unpaired) electrons. The lowest BCUT2D eigenvalue weighted by molar-refractivity contribution is 0.0691. The molecule has 0 spiro atoms. The van der Waals surface area contributed by atoms with Gasteiger partial charge >= 0.3 is 5.97 Å². The number of thiophene rings is 1. The first-order valence-electron chi connectivity index (χ1n) is 5.95. The fourth-order valence-corrected chi connectivity index (χ4v) is 3.17. The van der Waals surface area contributed by atoms with Gasteiger partial charge in [0.2, 0.25) is 0 Å². The number of hydrogen-bond acceptors (Lipinski definition) is 5. The fraction of sp³-hybridized carbons (Fsp3) is 0.0769. The Labute approximate surface area is 132 Å². The van der Waals surface area contributed by atoms with Gasteiger partial charge in [-0.1, -0.05) is 5.21 Å². The summed E-state index contributed by atoms with van der Waals surface area (Å²) in [6, 6.07) is 5.46. The average Bonchev–Trinajstić information content (AvgIpc) is 3.07. The number of carboxylic acid groups (broad SMARTS) is 1. The second-order valence-electron chi connectivity index (χ2n) is 4.24. The van der Waals surface area contributed by atoms with Crippen molar-refractivity contribution >= 4 is 33.2 Å². The smallest absolute Gasteiger partial charge is 0.358 e. The molecular formula is C13H9BrN4O2S. The molecule has 1 N–H and O–H groups in total. The van der Waals surface area contributed by atoms with Crippen LogP contribution in [0.1, 0.15) is 16.1 Å². The van der Waals surface area contributed by atoms with E-state index in [9.17, 15) is 9.90 Å². The van der Waals surface area contributed by atoms with Gasteiger partial charge < -0.3 is 5.11 Å². The molecule has 3 heterocycles. The number of halogens is 1. The highest BCUT2D eigenvalue weighted by molar-refractivity contribution is 9.11. The van der Waals surface area contributed by atoms with Crippen molar-refractivity contribution in [3.8, 4) is 11.3 Å². The molecule has 0 atom stereocenters. The molecule has 0 saturated carbocycles. The van der Waals surface area contributed by atoms with E-state index in [1.54, 1.807) is 40.5 Å². The number of aromatic carboxylic acids is 1. The fourth-order valence-electron chi connectivity index (χ4n) is 1.96. The van der Waals surface area contributed by atoms with Gasteiger partial charge in [-0.2, -0.15) is 0 Å². The Hall–Kier alpha value is -2.06. The van der Waals surface area contributed by atoms with Crippen molar-refractivity contribution < 1.29 is 9.90 Å². The number of aromatic nitrogens is 4. The minimum atomic E-state index is -1.10. The van der Waals surface area contributed by atoms with Crippen molar-refractivity contribution in [3.05, 3.63) is 51.0 Å². The maximum atomic E-state index is 11.3. The number of carbonyl (C=O) groups is 1. The second-order valence-corrected chi connectivity index (χ2v) is 6.53. The molecule has 106 valence electrons.